The highest BCUT2D eigenvalue weighted by Crippen LogP contribution is 2.25. The van der Waals surface area contributed by atoms with Crippen molar-refractivity contribution in [3.63, 3.8) is 0 Å². The standard InChI is InChI=1S/C12H26O2P/c1-11(2)8-6-5-7-9-15(13)14-10-12(3)4/h11-12H,5-10H2,1-4H3/q+1. The van der Waals surface area contributed by atoms with E-state index in [0.717, 1.165) is 18.5 Å². The molecule has 0 radical (unpaired) electrons. The van der Waals surface area contributed by atoms with Crippen molar-refractivity contribution in [1.29, 1.82) is 0 Å². The molecule has 0 amide bonds. The van der Waals surface area contributed by atoms with E-state index in [9.17, 15) is 4.57 Å². The molecule has 0 aliphatic carbocycles. The van der Waals surface area contributed by atoms with Crippen molar-refractivity contribution in [2.45, 2.75) is 53.4 Å². The van der Waals surface area contributed by atoms with E-state index in [2.05, 4.69) is 27.7 Å². The average Bonchev–Trinajstić information content (AvgIpc) is 2.13. The maximum atomic E-state index is 11.4. The zero-order chi connectivity index (χ0) is 11.7. The van der Waals surface area contributed by atoms with Gasteiger partial charge < -0.3 is 0 Å². The minimum atomic E-state index is -1.40. The van der Waals surface area contributed by atoms with Crippen LogP contribution in [0.15, 0.2) is 0 Å². The normalized spacial score (nSPS) is 12.5. The van der Waals surface area contributed by atoms with Crippen LogP contribution in [0.3, 0.4) is 0 Å². The topological polar surface area (TPSA) is 26.3 Å². The van der Waals surface area contributed by atoms with Crippen molar-refractivity contribution >= 4 is 8.03 Å². The molecule has 0 aromatic carbocycles. The van der Waals surface area contributed by atoms with Crippen molar-refractivity contribution in [1.82, 2.24) is 0 Å². The third-order valence-electron chi connectivity index (χ3n) is 2.17. The van der Waals surface area contributed by atoms with Crippen LogP contribution in [-0.2, 0) is 9.09 Å². The van der Waals surface area contributed by atoms with Crippen LogP contribution in [0.1, 0.15) is 53.4 Å². The van der Waals surface area contributed by atoms with Crippen LogP contribution in [-0.4, -0.2) is 12.8 Å². The van der Waals surface area contributed by atoms with E-state index in [1.54, 1.807) is 0 Å². The SMILES string of the molecule is CC(C)CCCCC[P+](=O)OCC(C)C. The maximum Gasteiger partial charge on any atom is 0.508 e. The summed E-state index contributed by atoms with van der Waals surface area (Å²) >= 11 is 0. The van der Waals surface area contributed by atoms with Gasteiger partial charge >= 0.3 is 8.03 Å². The first-order chi connectivity index (χ1) is 7.02. The first kappa shape index (κ1) is 15.1. The number of hydrogen-bond donors (Lipinski definition) is 0. The molecule has 0 rings (SSSR count). The zero-order valence-electron chi connectivity index (χ0n) is 10.7. The van der Waals surface area contributed by atoms with E-state index < -0.39 is 8.03 Å². The van der Waals surface area contributed by atoms with Crippen LogP contribution in [0.2, 0.25) is 0 Å². The monoisotopic (exact) mass is 233 g/mol. The number of unbranched alkanes of at least 4 members (excludes halogenated alkanes) is 2. The van der Waals surface area contributed by atoms with Crippen LogP contribution >= 0.6 is 8.03 Å². The fraction of sp³-hybridized carbons (Fsp3) is 1.00. The minimum Gasteiger partial charge on any atom is -0.146 e. The molecule has 1 atom stereocenters. The molecule has 15 heavy (non-hydrogen) atoms. The van der Waals surface area contributed by atoms with Crippen LogP contribution in [0, 0.1) is 11.8 Å². The second-order valence-corrected chi connectivity index (χ2v) is 6.36. The molecule has 0 saturated carbocycles. The molecule has 0 heterocycles. The second-order valence-electron chi connectivity index (χ2n) is 4.99. The smallest absolute Gasteiger partial charge is 0.146 e. The van der Waals surface area contributed by atoms with Crippen molar-refractivity contribution < 1.29 is 9.09 Å². The Morgan fingerprint density at radius 1 is 1.00 bits per heavy atom. The third-order valence-corrected chi connectivity index (χ3v) is 3.29. The van der Waals surface area contributed by atoms with E-state index in [4.69, 9.17) is 4.52 Å². The Labute approximate surface area is 95.7 Å². The van der Waals surface area contributed by atoms with Gasteiger partial charge in [0.1, 0.15) is 6.61 Å². The molecule has 3 heteroatoms. The summed E-state index contributed by atoms with van der Waals surface area (Å²) in [5.41, 5.74) is 0. The molecular formula is C12H26O2P+. The second kappa shape index (κ2) is 9.30. The van der Waals surface area contributed by atoms with Crippen LogP contribution in [0.4, 0.5) is 0 Å². The summed E-state index contributed by atoms with van der Waals surface area (Å²) in [6.07, 6.45) is 5.50. The molecule has 1 unspecified atom stereocenters. The molecule has 0 aliphatic heterocycles. The highest BCUT2D eigenvalue weighted by molar-refractivity contribution is 7.39. The average molecular weight is 233 g/mol. The number of hydrogen-bond acceptors (Lipinski definition) is 2. The summed E-state index contributed by atoms with van der Waals surface area (Å²) in [4.78, 5) is 0. The Bertz CT molecular complexity index is 167. The maximum absolute atomic E-state index is 11.4. The summed E-state index contributed by atoms with van der Waals surface area (Å²) in [6.45, 7) is 9.26. The molecular weight excluding hydrogens is 207 g/mol. The predicted molar refractivity (Wildman–Crippen MR) is 66.6 cm³/mol. The Hall–Kier alpha value is 0.0600. The fourth-order valence-electron chi connectivity index (χ4n) is 1.27. The van der Waals surface area contributed by atoms with Crippen LogP contribution < -0.4 is 0 Å². The molecule has 2 nitrogen and oxygen atoms in total. The third kappa shape index (κ3) is 12.0. The van der Waals surface area contributed by atoms with E-state index in [1.165, 1.54) is 19.3 Å². The molecule has 0 spiro atoms. The highest BCUT2D eigenvalue weighted by atomic mass is 31.1. The largest absolute Gasteiger partial charge is 0.508 e. The lowest BCUT2D eigenvalue weighted by molar-refractivity contribution is 0.282. The first-order valence-corrected chi connectivity index (χ1v) is 7.46. The van der Waals surface area contributed by atoms with Gasteiger partial charge in [-0.15, -0.1) is 4.52 Å². The predicted octanol–water partition coefficient (Wildman–Crippen LogP) is 4.62. The molecule has 0 aliphatic rings. The lowest BCUT2D eigenvalue weighted by atomic mass is 10.1. The summed E-state index contributed by atoms with van der Waals surface area (Å²) in [5.74, 6) is 1.26. The van der Waals surface area contributed by atoms with Gasteiger partial charge in [0.2, 0.25) is 0 Å². The van der Waals surface area contributed by atoms with Gasteiger partial charge in [0.05, 0.1) is 0 Å². The molecule has 0 fully saturated rings. The van der Waals surface area contributed by atoms with Gasteiger partial charge in [0, 0.05) is 0 Å². The highest BCUT2D eigenvalue weighted by Gasteiger charge is 2.16. The first-order valence-electron chi connectivity index (χ1n) is 6.10. The van der Waals surface area contributed by atoms with Gasteiger partial charge in [-0.1, -0.05) is 40.5 Å². The van der Waals surface area contributed by atoms with Crippen molar-refractivity contribution in [3.8, 4) is 0 Å². The molecule has 0 aromatic heterocycles. The fourth-order valence-corrected chi connectivity index (χ4v) is 2.34. The molecule has 0 bridgehead atoms. The lowest BCUT2D eigenvalue weighted by Gasteiger charge is -2.01. The summed E-state index contributed by atoms with van der Waals surface area (Å²) < 4.78 is 16.6. The molecule has 0 aromatic rings. The summed E-state index contributed by atoms with van der Waals surface area (Å²) in [5, 5.41) is 0. The van der Waals surface area contributed by atoms with E-state index in [-0.39, 0.29) is 0 Å². The Balaban J connectivity index is 3.24. The van der Waals surface area contributed by atoms with Gasteiger partial charge in [0.15, 0.2) is 6.16 Å². The quantitative estimate of drug-likeness (QED) is 0.429. The van der Waals surface area contributed by atoms with Gasteiger partial charge in [0.25, 0.3) is 0 Å². The zero-order valence-corrected chi connectivity index (χ0v) is 11.6. The van der Waals surface area contributed by atoms with Crippen molar-refractivity contribution in [2.75, 3.05) is 12.8 Å². The van der Waals surface area contributed by atoms with Gasteiger partial charge in [-0.05, 0) is 29.2 Å². The Morgan fingerprint density at radius 3 is 2.20 bits per heavy atom. The lowest BCUT2D eigenvalue weighted by Crippen LogP contribution is -1.97. The molecule has 90 valence electrons. The van der Waals surface area contributed by atoms with Crippen molar-refractivity contribution in [3.05, 3.63) is 0 Å². The van der Waals surface area contributed by atoms with Gasteiger partial charge in [-0.3, -0.25) is 0 Å². The summed E-state index contributed by atoms with van der Waals surface area (Å²) in [7, 11) is -1.40. The molecule has 0 N–H and O–H groups in total. The van der Waals surface area contributed by atoms with Crippen LogP contribution in [0.25, 0.3) is 0 Å². The minimum absolute atomic E-state index is 0.477. The Morgan fingerprint density at radius 2 is 1.67 bits per heavy atom. The van der Waals surface area contributed by atoms with E-state index in [0.29, 0.717) is 12.5 Å². The molecule has 0 saturated heterocycles. The van der Waals surface area contributed by atoms with E-state index in [1.807, 2.05) is 0 Å². The Kier molecular flexibility index (Phi) is 9.33. The van der Waals surface area contributed by atoms with Gasteiger partial charge in [-0.2, -0.15) is 0 Å². The summed E-state index contributed by atoms with van der Waals surface area (Å²) in [6, 6.07) is 0. The van der Waals surface area contributed by atoms with Gasteiger partial charge in [-0.25, -0.2) is 0 Å². The van der Waals surface area contributed by atoms with Crippen LogP contribution in [0.5, 0.6) is 0 Å². The van der Waals surface area contributed by atoms with E-state index >= 15 is 0 Å². The number of rotatable bonds is 9. The van der Waals surface area contributed by atoms with Crippen molar-refractivity contribution in [2.24, 2.45) is 11.8 Å².